The summed E-state index contributed by atoms with van der Waals surface area (Å²) in [7, 11) is 0. The summed E-state index contributed by atoms with van der Waals surface area (Å²) in [5, 5.41) is 8.36. The van der Waals surface area contributed by atoms with Crippen LogP contribution in [0.1, 0.15) is 17.5 Å². The van der Waals surface area contributed by atoms with E-state index in [1.165, 1.54) is 16.7 Å². The van der Waals surface area contributed by atoms with Gasteiger partial charge >= 0.3 is 5.97 Å². The fourth-order valence-electron chi connectivity index (χ4n) is 2.31. The molecule has 104 valence electrons. The minimum absolute atomic E-state index is 0.0129. The highest BCUT2D eigenvalue weighted by Crippen LogP contribution is 2.25. The number of aliphatic carboxylic acids is 1. The highest BCUT2D eigenvalue weighted by Gasteiger charge is 2.11. The number of benzene rings is 2. The van der Waals surface area contributed by atoms with Crippen molar-refractivity contribution in [2.24, 2.45) is 0 Å². The molecule has 0 aliphatic heterocycles. The molecule has 0 radical (unpaired) electrons. The van der Waals surface area contributed by atoms with Crippen LogP contribution in [0.4, 0.5) is 0 Å². The Labute approximate surface area is 124 Å². The summed E-state index contributed by atoms with van der Waals surface area (Å²) in [6, 6.07) is 16.4. The summed E-state index contributed by atoms with van der Waals surface area (Å²) in [5.74, 6) is -0.859. The molecule has 2 nitrogen and oxygen atoms in total. The SMILES string of the molecule is Cc1cc(CC(Cl)CC(=O)O)ccc1-c1ccccc1. The molecule has 0 heterocycles. The van der Waals surface area contributed by atoms with E-state index in [0.717, 1.165) is 5.56 Å². The van der Waals surface area contributed by atoms with Gasteiger partial charge in [-0.3, -0.25) is 4.79 Å². The Kier molecular flexibility index (Phi) is 4.80. The van der Waals surface area contributed by atoms with Crippen LogP contribution >= 0.6 is 11.6 Å². The molecular weight excluding hydrogens is 272 g/mol. The molecule has 0 fully saturated rings. The number of hydrogen-bond donors (Lipinski definition) is 1. The standard InChI is InChI=1S/C17H17ClO2/c1-12-9-13(10-15(18)11-17(19)20)7-8-16(12)14-5-3-2-4-6-14/h2-9,15H,10-11H2,1H3,(H,19,20). The minimum atomic E-state index is -0.859. The van der Waals surface area contributed by atoms with E-state index in [2.05, 4.69) is 31.2 Å². The van der Waals surface area contributed by atoms with Crippen molar-refractivity contribution < 1.29 is 9.90 Å². The maximum atomic E-state index is 10.6. The molecule has 2 rings (SSSR count). The van der Waals surface area contributed by atoms with Crippen molar-refractivity contribution in [3.8, 4) is 11.1 Å². The molecule has 1 atom stereocenters. The van der Waals surface area contributed by atoms with E-state index in [1.807, 2.05) is 24.3 Å². The minimum Gasteiger partial charge on any atom is -0.481 e. The van der Waals surface area contributed by atoms with Gasteiger partial charge in [0.2, 0.25) is 0 Å². The first-order chi connectivity index (χ1) is 9.56. The van der Waals surface area contributed by atoms with E-state index >= 15 is 0 Å². The van der Waals surface area contributed by atoms with Crippen LogP contribution in [0.15, 0.2) is 48.5 Å². The molecule has 1 N–H and O–H groups in total. The third kappa shape index (κ3) is 3.84. The Hall–Kier alpha value is -1.80. The van der Waals surface area contributed by atoms with Gasteiger partial charge in [-0.25, -0.2) is 0 Å². The number of rotatable bonds is 5. The maximum absolute atomic E-state index is 10.6. The average Bonchev–Trinajstić information content (AvgIpc) is 2.38. The molecule has 0 saturated heterocycles. The van der Waals surface area contributed by atoms with Crippen molar-refractivity contribution in [3.05, 3.63) is 59.7 Å². The average molecular weight is 289 g/mol. The van der Waals surface area contributed by atoms with Gasteiger partial charge in [-0.1, -0.05) is 48.5 Å². The fraction of sp³-hybridized carbons (Fsp3) is 0.235. The topological polar surface area (TPSA) is 37.3 Å². The van der Waals surface area contributed by atoms with Crippen LogP contribution < -0.4 is 0 Å². The number of alkyl halides is 1. The summed E-state index contributed by atoms with van der Waals surface area (Å²) in [6.45, 7) is 2.06. The molecule has 2 aromatic rings. The first-order valence-electron chi connectivity index (χ1n) is 6.57. The molecule has 3 heteroatoms. The van der Waals surface area contributed by atoms with Gasteiger partial charge in [0.25, 0.3) is 0 Å². The van der Waals surface area contributed by atoms with Gasteiger partial charge in [-0.2, -0.15) is 0 Å². The lowest BCUT2D eigenvalue weighted by molar-refractivity contribution is -0.137. The summed E-state index contributed by atoms with van der Waals surface area (Å²) in [4.78, 5) is 10.6. The van der Waals surface area contributed by atoms with E-state index in [0.29, 0.717) is 6.42 Å². The predicted octanol–water partition coefficient (Wildman–Crippen LogP) is 4.29. The molecule has 0 aliphatic carbocycles. The van der Waals surface area contributed by atoms with Gasteiger partial charge in [0, 0.05) is 5.38 Å². The predicted molar refractivity (Wildman–Crippen MR) is 82.2 cm³/mol. The summed E-state index contributed by atoms with van der Waals surface area (Å²) >= 11 is 6.04. The second-order valence-corrected chi connectivity index (χ2v) is 5.53. The lowest BCUT2D eigenvalue weighted by atomic mass is 9.96. The lowest BCUT2D eigenvalue weighted by Gasteiger charge is -2.11. The number of carboxylic acids is 1. The normalized spacial score (nSPS) is 12.1. The molecule has 0 saturated carbocycles. The van der Waals surface area contributed by atoms with E-state index in [9.17, 15) is 4.79 Å². The lowest BCUT2D eigenvalue weighted by Crippen LogP contribution is -2.10. The van der Waals surface area contributed by atoms with Crippen molar-refractivity contribution in [1.29, 1.82) is 0 Å². The Bertz CT molecular complexity index is 593. The second kappa shape index (κ2) is 6.58. The molecule has 0 bridgehead atoms. The van der Waals surface area contributed by atoms with Crippen molar-refractivity contribution in [2.75, 3.05) is 0 Å². The largest absolute Gasteiger partial charge is 0.481 e. The zero-order valence-corrected chi connectivity index (χ0v) is 12.1. The quantitative estimate of drug-likeness (QED) is 0.834. The number of carboxylic acid groups (broad SMARTS) is 1. The molecule has 0 aromatic heterocycles. The van der Waals surface area contributed by atoms with Crippen LogP contribution in [0, 0.1) is 6.92 Å². The molecular formula is C17H17ClO2. The Balaban J connectivity index is 2.16. The Morgan fingerprint density at radius 2 is 1.90 bits per heavy atom. The monoisotopic (exact) mass is 288 g/mol. The number of hydrogen-bond acceptors (Lipinski definition) is 1. The molecule has 0 amide bonds. The summed E-state index contributed by atoms with van der Waals surface area (Å²) in [5.41, 5.74) is 4.62. The van der Waals surface area contributed by atoms with Gasteiger partial charge in [0.05, 0.1) is 6.42 Å². The zero-order chi connectivity index (χ0) is 14.5. The van der Waals surface area contributed by atoms with Gasteiger partial charge in [-0.15, -0.1) is 11.6 Å². The molecule has 20 heavy (non-hydrogen) atoms. The van der Waals surface area contributed by atoms with Crippen LogP contribution in [0.2, 0.25) is 0 Å². The number of halogens is 1. The maximum Gasteiger partial charge on any atom is 0.304 e. The highest BCUT2D eigenvalue weighted by molar-refractivity contribution is 6.21. The van der Waals surface area contributed by atoms with Crippen molar-refractivity contribution in [3.63, 3.8) is 0 Å². The molecule has 1 unspecified atom stereocenters. The number of carbonyl (C=O) groups is 1. The van der Waals surface area contributed by atoms with E-state index in [4.69, 9.17) is 16.7 Å². The molecule has 0 aliphatic rings. The third-order valence-corrected chi connectivity index (χ3v) is 3.54. The zero-order valence-electron chi connectivity index (χ0n) is 11.3. The van der Waals surface area contributed by atoms with Gasteiger partial charge in [0.1, 0.15) is 0 Å². The van der Waals surface area contributed by atoms with Crippen LogP contribution in [0.25, 0.3) is 11.1 Å². The molecule has 2 aromatic carbocycles. The van der Waals surface area contributed by atoms with Gasteiger partial charge < -0.3 is 5.11 Å². The Morgan fingerprint density at radius 3 is 2.50 bits per heavy atom. The van der Waals surface area contributed by atoms with Crippen molar-refractivity contribution in [1.82, 2.24) is 0 Å². The first-order valence-corrected chi connectivity index (χ1v) is 7.00. The van der Waals surface area contributed by atoms with Crippen molar-refractivity contribution in [2.45, 2.75) is 25.1 Å². The van der Waals surface area contributed by atoms with Crippen LogP contribution in [-0.4, -0.2) is 16.5 Å². The Morgan fingerprint density at radius 1 is 1.20 bits per heavy atom. The van der Waals surface area contributed by atoms with Crippen LogP contribution in [-0.2, 0) is 11.2 Å². The summed E-state index contributed by atoms with van der Waals surface area (Å²) < 4.78 is 0. The van der Waals surface area contributed by atoms with E-state index < -0.39 is 5.97 Å². The fourth-order valence-corrected chi connectivity index (χ4v) is 2.62. The van der Waals surface area contributed by atoms with Crippen LogP contribution in [0.3, 0.4) is 0 Å². The smallest absolute Gasteiger partial charge is 0.304 e. The summed E-state index contributed by atoms with van der Waals surface area (Å²) in [6.07, 6.45) is 0.560. The van der Waals surface area contributed by atoms with Gasteiger partial charge in [-0.05, 0) is 35.6 Å². The second-order valence-electron chi connectivity index (χ2n) is 4.91. The third-order valence-electron chi connectivity index (χ3n) is 3.23. The van der Waals surface area contributed by atoms with Crippen molar-refractivity contribution >= 4 is 17.6 Å². The van der Waals surface area contributed by atoms with E-state index in [1.54, 1.807) is 0 Å². The van der Waals surface area contributed by atoms with E-state index in [-0.39, 0.29) is 11.8 Å². The molecule has 0 spiro atoms. The highest BCUT2D eigenvalue weighted by atomic mass is 35.5. The van der Waals surface area contributed by atoms with Gasteiger partial charge in [0.15, 0.2) is 0 Å². The first kappa shape index (κ1) is 14.6. The van der Waals surface area contributed by atoms with Crippen LogP contribution in [0.5, 0.6) is 0 Å². The number of aryl methyl sites for hydroxylation is 1.